The van der Waals surface area contributed by atoms with Crippen molar-refractivity contribution in [3.63, 3.8) is 0 Å². The van der Waals surface area contributed by atoms with E-state index in [0.29, 0.717) is 18.5 Å². The standard InChI is InChI=1S/C11H12FNO2.ClH/c12-8-3-1-2-7(6-8)10-9(11(14)15)4-5-13-10;/h1-3,6,9-10,13H,4-5H2,(H,14,15);1H. The predicted octanol–water partition coefficient (Wildman–Crippen LogP) is 1.98. The second-order valence-electron chi connectivity index (χ2n) is 3.72. The zero-order chi connectivity index (χ0) is 10.8. The summed E-state index contributed by atoms with van der Waals surface area (Å²) in [5.41, 5.74) is 0.708. The quantitative estimate of drug-likeness (QED) is 0.838. The first kappa shape index (κ1) is 12.9. The molecule has 0 spiro atoms. The maximum Gasteiger partial charge on any atom is 0.308 e. The van der Waals surface area contributed by atoms with Crippen molar-refractivity contribution in [3.05, 3.63) is 35.6 Å². The molecule has 1 aromatic carbocycles. The second-order valence-corrected chi connectivity index (χ2v) is 3.72. The molecule has 1 heterocycles. The van der Waals surface area contributed by atoms with Gasteiger partial charge in [0.05, 0.1) is 5.92 Å². The van der Waals surface area contributed by atoms with Gasteiger partial charge in [0.1, 0.15) is 5.82 Å². The Labute approximate surface area is 99.1 Å². The van der Waals surface area contributed by atoms with E-state index in [-0.39, 0.29) is 24.3 Å². The molecule has 1 aliphatic heterocycles. The van der Waals surface area contributed by atoms with Crippen molar-refractivity contribution < 1.29 is 14.3 Å². The van der Waals surface area contributed by atoms with Crippen LogP contribution in [-0.2, 0) is 4.79 Å². The van der Waals surface area contributed by atoms with E-state index in [9.17, 15) is 9.18 Å². The molecule has 0 bridgehead atoms. The van der Waals surface area contributed by atoms with Gasteiger partial charge in [0.15, 0.2) is 0 Å². The fourth-order valence-electron chi connectivity index (χ4n) is 2.02. The van der Waals surface area contributed by atoms with Gasteiger partial charge in [-0.1, -0.05) is 12.1 Å². The lowest BCUT2D eigenvalue weighted by Gasteiger charge is -2.16. The predicted molar refractivity (Wildman–Crippen MR) is 60.1 cm³/mol. The summed E-state index contributed by atoms with van der Waals surface area (Å²) in [6.45, 7) is 0.665. The molecular weight excluding hydrogens is 233 g/mol. The number of nitrogens with one attached hydrogen (secondary N) is 1. The summed E-state index contributed by atoms with van der Waals surface area (Å²) in [6.07, 6.45) is 0.594. The van der Waals surface area contributed by atoms with E-state index >= 15 is 0 Å². The Morgan fingerprint density at radius 2 is 2.25 bits per heavy atom. The van der Waals surface area contributed by atoms with Gasteiger partial charge in [-0.15, -0.1) is 12.4 Å². The van der Waals surface area contributed by atoms with Crippen molar-refractivity contribution in [1.29, 1.82) is 0 Å². The lowest BCUT2D eigenvalue weighted by Crippen LogP contribution is -2.23. The summed E-state index contributed by atoms with van der Waals surface area (Å²) in [5.74, 6) is -1.61. The molecule has 0 aliphatic carbocycles. The fourth-order valence-corrected chi connectivity index (χ4v) is 2.02. The van der Waals surface area contributed by atoms with E-state index < -0.39 is 11.9 Å². The highest BCUT2D eigenvalue weighted by Gasteiger charge is 2.33. The highest BCUT2D eigenvalue weighted by atomic mass is 35.5. The fraction of sp³-hybridized carbons (Fsp3) is 0.364. The number of aliphatic carboxylic acids is 1. The molecule has 0 radical (unpaired) electrons. The van der Waals surface area contributed by atoms with Gasteiger partial charge in [-0.3, -0.25) is 4.79 Å². The SMILES string of the molecule is Cl.O=C(O)C1CCNC1c1cccc(F)c1. The molecule has 2 N–H and O–H groups in total. The van der Waals surface area contributed by atoms with Crippen LogP contribution in [0.3, 0.4) is 0 Å². The van der Waals surface area contributed by atoms with Crippen molar-refractivity contribution in [3.8, 4) is 0 Å². The average Bonchev–Trinajstić information content (AvgIpc) is 2.65. The Bertz CT molecular complexity index is 386. The summed E-state index contributed by atoms with van der Waals surface area (Å²) in [5, 5.41) is 12.1. The van der Waals surface area contributed by atoms with Gasteiger partial charge in [0, 0.05) is 6.04 Å². The largest absolute Gasteiger partial charge is 0.481 e. The topological polar surface area (TPSA) is 49.3 Å². The zero-order valence-electron chi connectivity index (χ0n) is 8.52. The van der Waals surface area contributed by atoms with Gasteiger partial charge in [0.25, 0.3) is 0 Å². The maximum atomic E-state index is 13.0. The molecule has 1 aliphatic rings. The highest BCUT2D eigenvalue weighted by Crippen LogP contribution is 2.29. The van der Waals surface area contributed by atoms with Crippen molar-refractivity contribution in [2.24, 2.45) is 5.92 Å². The van der Waals surface area contributed by atoms with Gasteiger partial charge in [-0.05, 0) is 30.7 Å². The lowest BCUT2D eigenvalue weighted by atomic mass is 9.94. The molecule has 16 heavy (non-hydrogen) atoms. The minimum absolute atomic E-state index is 0. The number of rotatable bonds is 2. The summed E-state index contributed by atoms with van der Waals surface area (Å²) < 4.78 is 13.0. The Hall–Kier alpha value is -1.13. The molecule has 0 amide bonds. The molecule has 3 nitrogen and oxygen atoms in total. The van der Waals surface area contributed by atoms with Gasteiger partial charge >= 0.3 is 5.97 Å². The molecule has 1 aromatic rings. The number of benzene rings is 1. The van der Waals surface area contributed by atoms with Crippen LogP contribution in [0.2, 0.25) is 0 Å². The molecule has 2 rings (SSSR count). The first-order valence-corrected chi connectivity index (χ1v) is 4.90. The Balaban J connectivity index is 0.00000128. The van der Waals surface area contributed by atoms with E-state index in [2.05, 4.69) is 5.32 Å². The molecule has 2 atom stereocenters. The molecule has 5 heteroatoms. The van der Waals surface area contributed by atoms with Crippen LogP contribution in [0.5, 0.6) is 0 Å². The normalized spacial score (nSPS) is 23.8. The second kappa shape index (κ2) is 5.27. The molecule has 1 saturated heterocycles. The average molecular weight is 246 g/mol. The first-order valence-electron chi connectivity index (χ1n) is 4.90. The van der Waals surface area contributed by atoms with Crippen LogP contribution >= 0.6 is 12.4 Å². The van der Waals surface area contributed by atoms with Crippen LogP contribution in [0.4, 0.5) is 4.39 Å². The highest BCUT2D eigenvalue weighted by molar-refractivity contribution is 5.85. The molecule has 1 fully saturated rings. The molecular formula is C11H13ClFNO2. The monoisotopic (exact) mass is 245 g/mol. The molecule has 2 unspecified atom stereocenters. The number of hydrogen-bond acceptors (Lipinski definition) is 2. The summed E-state index contributed by atoms with van der Waals surface area (Å²) >= 11 is 0. The van der Waals surface area contributed by atoms with Gasteiger partial charge in [-0.25, -0.2) is 4.39 Å². The number of hydrogen-bond donors (Lipinski definition) is 2. The minimum Gasteiger partial charge on any atom is -0.481 e. The summed E-state index contributed by atoms with van der Waals surface area (Å²) in [6, 6.07) is 5.83. The Morgan fingerprint density at radius 3 is 2.88 bits per heavy atom. The lowest BCUT2D eigenvalue weighted by molar-refractivity contribution is -0.142. The van der Waals surface area contributed by atoms with Gasteiger partial charge in [0.2, 0.25) is 0 Å². The summed E-state index contributed by atoms with van der Waals surface area (Å²) in [7, 11) is 0. The minimum atomic E-state index is -0.825. The third-order valence-electron chi connectivity index (χ3n) is 2.75. The number of carbonyl (C=O) groups is 1. The third-order valence-corrected chi connectivity index (χ3v) is 2.75. The Kier molecular flexibility index (Phi) is 4.26. The van der Waals surface area contributed by atoms with E-state index in [1.165, 1.54) is 12.1 Å². The summed E-state index contributed by atoms with van der Waals surface area (Å²) in [4.78, 5) is 10.9. The van der Waals surface area contributed by atoms with Crippen molar-refractivity contribution in [2.45, 2.75) is 12.5 Å². The van der Waals surface area contributed by atoms with Crippen LogP contribution in [0.25, 0.3) is 0 Å². The molecule has 88 valence electrons. The van der Waals surface area contributed by atoms with Crippen LogP contribution in [0, 0.1) is 11.7 Å². The van der Waals surface area contributed by atoms with Crippen molar-refractivity contribution in [1.82, 2.24) is 5.32 Å². The maximum absolute atomic E-state index is 13.0. The number of carboxylic acid groups (broad SMARTS) is 1. The Morgan fingerprint density at radius 1 is 1.50 bits per heavy atom. The molecule has 0 aromatic heterocycles. The first-order chi connectivity index (χ1) is 7.18. The van der Waals surface area contributed by atoms with Crippen LogP contribution in [0.1, 0.15) is 18.0 Å². The van der Waals surface area contributed by atoms with Crippen LogP contribution in [0.15, 0.2) is 24.3 Å². The molecule has 0 saturated carbocycles. The van der Waals surface area contributed by atoms with Crippen LogP contribution in [-0.4, -0.2) is 17.6 Å². The van der Waals surface area contributed by atoms with E-state index in [1.54, 1.807) is 12.1 Å². The smallest absolute Gasteiger partial charge is 0.308 e. The van der Waals surface area contributed by atoms with E-state index in [0.717, 1.165) is 0 Å². The van der Waals surface area contributed by atoms with Gasteiger partial charge < -0.3 is 10.4 Å². The van der Waals surface area contributed by atoms with E-state index in [1.807, 2.05) is 0 Å². The zero-order valence-corrected chi connectivity index (χ0v) is 9.34. The van der Waals surface area contributed by atoms with Crippen LogP contribution < -0.4 is 5.32 Å². The van der Waals surface area contributed by atoms with E-state index in [4.69, 9.17) is 5.11 Å². The van der Waals surface area contributed by atoms with Crippen molar-refractivity contribution >= 4 is 18.4 Å². The number of halogens is 2. The van der Waals surface area contributed by atoms with Crippen molar-refractivity contribution in [2.75, 3.05) is 6.54 Å². The third kappa shape index (κ3) is 2.51. The van der Waals surface area contributed by atoms with Gasteiger partial charge in [-0.2, -0.15) is 0 Å². The number of carboxylic acids is 1.